The van der Waals surface area contributed by atoms with E-state index in [0.29, 0.717) is 16.9 Å². The van der Waals surface area contributed by atoms with Crippen LogP contribution in [-0.4, -0.2) is 11.9 Å². The van der Waals surface area contributed by atoms with Gasteiger partial charge in [-0.25, -0.2) is 0 Å². The van der Waals surface area contributed by atoms with Gasteiger partial charge in [0.05, 0.1) is 6.04 Å². The predicted octanol–water partition coefficient (Wildman–Crippen LogP) is 3.50. The number of aliphatic imine (C=N–C) groups is 1. The monoisotopic (exact) mass is 246 g/mol. The van der Waals surface area contributed by atoms with E-state index in [1.807, 2.05) is 0 Å². The number of hydrogen-bond donors (Lipinski definition) is 1. The van der Waals surface area contributed by atoms with Gasteiger partial charge in [0, 0.05) is 5.41 Å². The molecule has 18 heavy (non-hydrogen) atoms. The molecule has 5 aliphatic carbocycles. The summed E-state index contributed by atoms with van der Waals surface area (Å²) < 4.78 is 0. The molecule has 0 amide bonds. The van der Waals surface area contributed by atoms with E-state index in [0.717, 1.165) is 11.8 Å². The maximum atomic E-state index is 6.48. The van der Waals surface area contributed by atoms with Crippen LogP contribution in [0.25, 0.3) is 0 Å². The third-order valence-corrected chi connectivity index (χ3v) is 6.04. The van der Waals surface area contributed by atoms with Crippen molar-refractivity contribution in [1.29, 1.82) is 0 Å². The van der Waals surface area contributed by atoms with Crippen molar-refractivity contribution in [2.45, 2.75) is 71.3 Å². The summed E-state index contributed by atoms with van der Waals surface area (Å²) in [7, 11) is 0. The molecule has 0 heterocycles. The van der Waals surface area contributed by atoms with Crippen molar-refractivity contribution < 1.29 is 0 Å². The lowest BCUT2D eigenvalue weighted by Crippen LogP contribution is -2.59. The fourth-order valence-electron chi connectivity index (χ4n) is 6.27. The third-order valence-electron chi connectivity index (χ3n) is 6.04. The highest BCUT2D eigenvalue weighted by molar-refractivity contribution is 5.87. The van der Waals surface area contributed by atoms with E-state index in [9.17, 15) is 0 Å². The SMILES string of the molecule is CC12CC3CC(C)(C1)CC(C(N)=NC1CC1)(C3)C2. The van der Waals surface area contributed by atoms with Crippen molar-refractivity contribution >= 4 is 5.84 Å². The molecule has 2 nitrogen and oxygen atoms in total. The van der Waals surface area contributed by atoms with Crippen molar-refractivity contribution in [3.05, 3.63) is 0 Å². The molecule has 0 aliphatic heterocycles. The molecule has 100 valence electrons. The van der Waals surface area contributed by atoms with Gasteiger partial charge in [0.1, 0.15) is 5.84 Å². The van der Waals surface area contributed by atoms with Crippen LogP contribution in [0.5, 0.6) is 0 Å². The maximum absolute atomic E-state index is 6.48. The molecule has 2 heteroatoms. The van der Waals surface area contributed by atoms with Gasteiger partial charge in [0.25, 0.3) is 0 Å². The number of nitrogens with two attached hydrogens (primary N) is 1. The Morgan fingerprint density at radius 2 is 1.61 bits per heavy atom. The molecule has 0 spiro atoms. The van der Waals surface area contributed by atoms with Gasteiger partial charge in [0.2, 0.25) is 0 Å². The summed E-state index contributed by atoms with van der Waals surface area (Å²) in [4.78, 5) is 4.84. The molecule has 2 unspecified atom stereocenters. The number of nitrogens with zero attached hydrogens (tertiary/aromatic N) is 1. The van der Waals surface area contributed by atoms with Crippen molar-refractivity contribution in [2.24, 2.45) is 32.9 Å². The normalized spacial score (nSPS) is 55.0. The second-order valence-electron chi connectivity index (χ2n) is 8.66. The molecule has 2 atom stereocenters. The number of hydrogen-bond acceptors (Lipinski definition) is 1. The first-order valence-corrected chi connectivity index (χ1v) is 7.74. The van der Waals surface area contributed by atoms with Crippen LogP contribution in [0, 0.1) is 22.2 Å². The van der Waals surface area contributed by atoms with E-state index in [-0.39, 0.29) is 5.41 Å². The van der Waals surface area contributed by atoms with Crippen LogP contribution in [0.4, 0.5) is 0 Å². The highest BCUT2D eigenvalue weighted by Gasteiger charge is 2.61. The van der Waals surface area contributed by atoms with Crippen LogP contribution in [-0.2, 0) is 0 Å². The standard InChI is InChI=1S/C16H26N2/c1-14-5-11-6-15(2,8-14)10-16(7-11,9-14)13(17)18-12-3-4-12/h11-12H,3-10H2,1-2H3,(H2,17,18). The Morgan fingerprint density at radius 3 is 2.11 bits per heavy atom. The zero-order valence-electron chi connectivity index (χ0n) is 11.8. The Hall–Kier alpha value is -0.530. The van der Waals surface area contributed by atoms with Crippen LogP contribution in [0.15, 0.2) is 4.99 Å². The van der Waals surface area contributed by atoms with E-state index in [1.165, 1.54) is 51.4 Å². The average Bonchev–Trinajstić information content (AvgIpc) is 2.95. The lowest BCUT2D eigenvalue weighted by molar-refractivity contribution is -0.116. The zero-order chi connectivity index (χ0) is 12.6. The van der Waals surface area contributed by atoms with Gasteiger partial charge in [-0.05, 0) is 68.1 Å². The van der Waals surface area contributed by atoms with Gasteiger partial charge in [0.15, 0.2) is 0 Å². The Morgan fingerprint density at radius 1 is 1.00 bits per heavy atom. The third kappa shape index (κ3) is 1.57. The average molecular weight is 246 g/mol. The zero-order valence-corrected chi connectivity index (χ0v) is 11.8. The summed E-state index contributed by atoms with van der Waals surface area (Å²) in [5, 5.41) is 0. The molecule has 4 bridgehead atoms. The van der Waals surface area contributed by atoms with Gasteiger partial charge in [-0.3, -0.25) is 4.99 Å². The van der Waals surface area contributed by atoms with Crippen molar-refractivity contribution in [2.75, 3.05) is 0 Å². The first kappa shape index (κ1) is 11.3. The predicted molar refractivity (Wildman–Crippen MR) is 74.5 cm³/mol. The van der Waals surface area contributed by atoms with Crippen LogP contribution in [0.2, 0.25) is 0 Å². The van der Waals surface area contributed by atoms with Gasteiger partial charge in [-0.15, -0.1) is 0 Å². The molecule has 0 aromatic carbocycles. The molecule has 0 saturated heterocycles. The van der Waals surface area contributed by atoms with Crippen LogP contribution in [0.3, 0.4) is 0 Å². The lowest BCUT2D eigenvalue weighted by Gasteiger charge is -2.65. The molecule has 5 fully saturated rings. The fraction of sp³-hybridized carbons (Fsp3) is 0.938. The van der Waals surface area contributed by atoms with E-state index in [4.69, 9.17) is 10.7 Å². The van der Waals surface area contributed by atoms with Gasteiger partial charge >= 0.3 is 0 Å². The molecular formula is C16H26N2. The van der Waals surface area contributed by atoms with Crippen molar-refractivity contribution in [3.63, 3.8) is 0 Å². The second-order valence-corrected chi connectivity index (χ2v) is 8.66. The van der Waals surface area contributed by atoms with Crippen LogP contribution in [0.1, 0.15) is 65.2 Å². The largest absolute Gasteiger partial charge is 0.387 e. The second kappa shape index (κ2) is 3.13. The summed E-state index contributed by atoms with van der Waals surface area (Å²) in [5.74, 6) is 1.95. The Balaban J connectivity index is 1.72. The quantitative estimate of drug-likeness (QED) is 0.588. The fourth-order valence-corrected chi connectivity index (χ4v) is 6.27. The van der Waals surface area contributed by atoms with Crippen LogP contribution >= 0.6 is 0 Å². The summed E-state index contributed by atoms with van der Waals surface area (Å²) in [6, 6.07) is 0.582. The molecule has 5 rings (SSSR count). The van der Waals surface area contributed by atoms with Crippen LogP contribution < -0.4 is 5.73 Å². The van der Waals surface area contributed by atoms with Crippen molar-refractivity contribution in [1.82, 2.24) is 0 Å². The molecule has 5 aliphatic rings. The van der Waals surface area contributed by atoms with Gasteiger partial charge in [-0.1, -0.05) is 13.8 Å². The summed E-state index contributed by atoms with van der Waals surface area (Å²) >= 11 is 0. The maximum Gasteiger partial charge on any atom is 0.100 e. The first-order chi connectivity index (χ1) is 8.41. The first-order valence-electron chi connectivity index (χ1n) is 7.74. The summed E-state index contributed by atoms with van der Waals surface area (Å²) in [6.45, 7) is 5.02. The molecule has 0 aromatic heterocycles. The van der Waals surface area contributed by atoms with Gasteiger partial charge in [-0.2, -0.15) is 0 Å². The smallest absolute Gasteiger partial charge is 0.100 e. The number of amidine groups is 1. The molecular weight excluding hydrogens is 220 g/mol. The minimum Gasteiger partial charge on any atom is -0.387 e. The highest BCUT2D eigenvalue weighted by Crippen LogP contribution is 2.69. The molecule has 5 saturated carbocycles. The lowest BCUT2D eigenvalue weighted by atomic mass is 9.40. The minimum atomic E-state index is 0.283. The minimum absolute atomic E-state index is 0.283. The number of rotatable bonds is 2. The van der Waals surface area contributed by atoms with Gasteiger partial charge < -0.3 is 5.73 Å². The Labute approximate surface area is 110 Å². The molecule has 0 radical (unpaired) electrons. The Kier molecular flexibility index (Phi) is 1.97. The summed E-state index contributed by atoms with van der Waals surface area (Å²) in [6.07, 6.45) is 10.8. The van der Waals surface area contributed by atoms with E-state index in [1.54, 1.807) is 0 Å². The van der Waals surface area contributed by atoms with E-state index < -0.39 is 0 Å². The molecule has 2 N–H and O–H groups in total. The van der Waals surface area contributed by atoms with E-state index in [2.05, 4.69) is 13.8 Å². The molecule has 0 aromatic rings. The summed E-state index contributed by atoms with van der Waals surface area (Å²) in [5.41, 5.74) is 7.87. The topological polar surface area (TPSA) is 38.4 Å². The highest BCUT2D eigenvalue weighted by atomic mass is 15.0. The Bertz CT molecular complexity index is 403. The van der Waals surface area contributed by atoms with Crippen molar-refractivity contribution in [3.8, 4) is 0 Å². The van der Waals surface area contributed by atoms with E-state index >= 15 is 0 Å².